The summed E-state index contributed by atoms with van der Waals surface area (Å²) in [5, 5.41) is 4.49. The van der Waals surface area contributed by atoms with Crippen molar-refractivity contribution in [1.29, 1.82) is 0 Å². The molecule has 6 heteroatoms. The minimum absolute atomic E-state index is 0.280. The van der Waals surface area contributed by atoms with Gasteiger partial charge in [0.05, 0.1) is 19.8 Å². The van der Waals surface area contributed by atoms with Crippen LogP contribution in [0.25, 0.3) is 11.0 Å². The fraction of sp³-hybridized carbons (Fsp3) is 0.364. The Balaban J connectivity index is 1.16. The highest BCUT2D eigenvalue weighted by molar-refractivity contribution is 5.83. The summed E-state index contributed by atoms with van der Waals surface area (Å²) in [4.78, 5) is 0. The average molecular weight is 383 g/mol. The summed E-state index contributed by atoms with van der Waals surface area (Å²) < 4.78 is 28.0. The molecule has 6 nitrogen and oxygen atoms in total. The van der Waals surface area contributed by atoms with E-state index in [-0.39, 0.29) is 6.79 Å². The summed E-state index contributed by atoms with van der Waals surface area (Å²) in [5.41, 5.74) is 0.818. The van der Waals surface area contributed by atoms with E-state index in [9.17, 15) is 0 Å². The van der Waals surface area contributed by atoms with Gasteiger partial charge in [-0.1, -0.05) is 12.1 Å². The van der Waals surface area contributed by atoms with Crippen LogP contribution in [0, 0.1) is 0 Å². The van der Waals surface area contributed by atoms with Crippen molar-refractivity contribution in [3.05, 3.63) is 48.2 Å². The van der Waals surface area contributed by atoms with E-state index >= 15 is 0 Å². The second-order valence-corrected chi connectivity index (χ2v) is 6.57. The normalized spacial score (nSPS) is 12.5. The Labute approximate surface area is 164 Å². The Morgan fingerprint density at radius 3 is 2.86 bits per heavy atom. The lowest BCUT2D eigenvalue weighted by Crippen LogP contribution is -2.15. The van der Waals surface area contributed by atoms with E-state index in [1.165, 1.54) is 0 Å². The zero-order valence-electron chi connectivity index (χ0n) is 16.0. The van der Waals surface area contributed by atoms with E-state index in [0.29, 0.717) is 19.8 Å². The van der Waals surface area contributed by atoms with Gasteiger partial charge in [-0.3, -0.25) is 0 Å². The van der Waals surface area contributed by atoms with Crippen molar-refractivity contribution in [2.24, 2.45) is 0 Å². The first kappa shape index (κ1) is 18.5. The molecule has 3 aromatic rings. The van der Waals surface area contributed by atoms with Crippen LogP contribution in [0.1, 0.15) is 25.5 Å². The highest BCUT2D eigenvalue weighted by Gasteiger charge is 2.13. The number of fused-ring (bicyclic) bond motifs is 2. The Bertz CT molecular complexity index is 920. The molecule has 0 atom stereocenters. The Morgan fingerprint density at radius 2 is 1.93 bits per heavy atom. The maximum atomic E-state index is 5.94. The second kappa shape index (κ2) is 8.89. The molecule has 28 heavy (non-hydrogen) atoms. The van der Waals surface area contributed by atoms with Crippen molar-refractivity contribution in [3.8, 4) is 23.0 Å². The van der Waals surface area contributed by atoms with Crippen LogP contribution in [0.15, 0.2) is 46.9 Å². The number of hydrogen-bond donors (Lipinski definition) is 1. The number of hydrogen-bond acceptors (Lipinski definition) is 6. The minimum Gasteiger partial charge on any atom is -0.493 e. The molecule has 1 aliphatic rings. The smallest absolute Gasteiger partial charge is 0.231 e. The SMILES string of the molecule is CCOc1cccc2cc(CNCCCCOc3ccc4c(c3)OCO4)oc12. The monoisotopic (exact) mass is 383 g/mol. The largest absolute Gasteiger partial charge is 0.493 e. The molecule has 1 N–H and O–H groups in total. The molecule has 0 saturated heterocycles. The third-order valence-electron chi connectivity index (χ3n) is 4.52. The Morgan fingerprint density at radius 1 is 1.00 bits per heavy atom. The van der Waals surface area contributed by atoms with Crippen molar-refractivity contribution in [2.45, 2.75) is 26.3 Å². The quantitative estimate of drug-likeness (QED) is 0.520. The van der Waals surface area contributed by atoms with Crippen molar-refractivity contribution in [3.63, 3.8) is 0 Å². The van der Waals surface area contributed by atoms with Gasteiger partial charge in [-0.2, -0.15) is 0 Å². The zero-order chi connectivity index (χ0) is 19.2. The molecule has 2 heterocycles. The minimum atomic E-state index is 0.280. The lowest BCUT2D eigenvalue weighted by atomic mass is 10.2. The van der Waals surface area contributed by atoms with Crippen LogP contribution in [0.4, 0.5) is 0 Å². The van der Waals surface area contributed by atoms with Crippen molar-refractivity contribution >= 4 is 11.0 Å². The maximum absolute atomic E-state index is 5.94. The first-order valence-corrected chi connectivity index (χ1v) is 9.71. The van der Waals surface area contributed by atoms with E-state index in [1.807, 2.05) is 43.3 Å². The molecule has 1 aliphatic heterocycles. The number of rotatable bonds is 10. The summed E-state index contributed by atoms with van der Waals surface area (Å²) >= 11 is 0. The summed E-state index contributed by atoms with van der Waals surface area (Å²) in [7, 11) is 0. The van der Waals surface area contributed by atoms with Gasteiger partial charge in [-0.25, -0.2) is 0 Å². The van der Waals surface area contributed by atoms with Crippen LogP contribution in [-0.2, 0) is 6.54 Å². The van der Waals surface area contributed by atoms with Gasteiger partial charge in [0, 0.05) is 11.5 Å². The second-order valence-electron chi connectivity index (χ2n) is 6.57. The molecule has 0 unspecified atom stereocenters. The van der Waals surface area contributed by atoms with Gasteiger partial charge in [0.15, 0.2) is 22.8 Å². The first-order valence-electron chi connectivity index (χ1n) is 9.71. The summed E-state index contributed by atoms with van der Waals surface area (Å²) in [6, 6.07) is 13.7. The van der Waals surface area contributed by atoms with Crippen molar-refractivity contribution in [2.75, 3.05) is 26.6 Å². The molecule has 0 bridgehead atoms. The van der Waals surface area contributed by atoms with Crippen LogP contribution in [0.5, 0.6) is 23.0 Å². The van der Waals surface area contributed by atoms with Crippen molar-refractivity contribution < 1.29 is 23.4 Å². The summed E-state index contributed by atoms with van der Waals surface area (Å²) in [5.74, 6) is 4.04. The topological polar surface area (TPSA) is 62.1 Å². The zero-order valence-corrected chi connectivity index (χ0v) is 16.0. The van der Waals surface area contributed by atoms with Gasteiger partial charge in [-0.05, 0) is 50.6 Å². The van der Waals surface area contributed by atoms with E-state index in [4.69, 9.17) is 23.4 Å². The molecule has 2 aromatic carbocycles. The molecule has 0 spiro atoms. The molecular weight excluding hydrogens is 358 g/mol. The number of para-hydroxylation sites is 1. The summed E-state index contributed by atoms with van der Waals surface area (Å²) in [6.07, 6.45) is 1.99. The third-order valence-corrected chi connectivity index (χ3v) is 4.52. The van der Waals surface area contributed by atoms with Crippen LogP contribution < -0.4 is 24.3 Å². The van der Waals surface area contributed by atoms with E-state index in [0.717, 1.165) is 59.1 Å². The van der Waals surface area contributed by atoms with E-state index in [2.05, 4.69) is 11.4 Å². The predicted molar refractivity (Wildman–Crippen MR) is 106 cm³/mol. The fourth-order valence-corrected chi connectivity index (χ4v) is 3.17. The molecule has 0 fully saturated rings. The highest BCUT2D eigenvalue weighted by Crippen LogP contribution is 2.35. The van der Waals surface area contributed by atoms with Gasteiger partial charge in [-0.15, -0.1) is 0 Å². The Kier molecular flexibility index (Phi) is 5.87. The number of unbranched alkanes of at least 4 members (excludes halogenated alkanes) is 1. The third kappa shape index (κ3) is 4.34. The number of nitrogens with one attached hydrogen (secondary N) is 1. The molecular formula is C22H25NO5. The summed E-state index contributed by atoms with van der Waals surface area (Å²) in [6.45, 7) is 5.15. The lowest BCUT2D eigenvalue weighted by Gasteiger charge is -2.07. The lowest BCUT2D eigenvalue weighted by molar-refractivity contribution is 0.173. The first-order chi connectivity index (χ1) is 13.8. The van der Waals surface area contributed by atoms with Crippen LogP contribution >= 0.6 is 0 Å². The van der Waals surface area contributed by atoms with Gasteiger partial charge >= 0.3 is 0 Å². The maximum Gasteiger partial charge on any atom is 0.231 e. The van der Waals surface area contributed by atoms with Gasteiger partial charge in [0.2, 0.25) is 6.79 Å². The van der Waals surface area contributed by atoms with Crippen LogP contribution in [-0.4, -0.2) is 26.6 Å². The van der Waals surface area contributed by atoms with Crippen LogP contribution in [0.3, 0.4) is 0 Å². The van der Waals surface area contributed by atoms with Gasteiger partial charge < -0.3 is 28.7 Å². The van der Waals surface area contributed by atoms with Gasteiger partial charge in [0.1, 0.15) is 11.5 Å². The number of benzene rings is 2. The molecule has 0 radical (unpaired) electrons. The Hall–Kier alpha value is -2.86. The van der Waals surface area contributed by atoms with Crippen LogP contribution in [0.2, 0.25) is 0 Å². The number of furan rings is 1. The fourth-order valence-electron chi connectivity index (χ4n) is 3.17. The van der Waals surface area contributed by atoms with E-state index < -0.39 is 0 Å². The van der Waals surface area contributed by atoms with Crippen molar-refractivity contribution in [1.82, 2.24) is 5.32 Å². The van der Waals surface area contributed by atoms with Gasteiger partial charge in [0.25, 0.3) is 0 Å². The molecule has 1 aromatic heterocycles. The highest BCUT2D eigenvalue weighted by atomic mass is 16.7. The standard InChI is InChI=1S/C22H25NO5/c1-2-24-20-7-5-6-16-12-18(28-22(16)20)14-23-10-3-4-11-25-17-8-9-19-21(13-17)27-15-26-19/h5-9,12-13,23H,2-4,10-11,14-15H2,1H3. The van der Waals surface area contributed by atoms with E-state index in [1.54, 1.807) is 0 Å². The predicted octanol–water partition coefficient (Wildman–Crippen LogP) is 4.51. The molecule has 148 valence electrons. The molecule has 0 saturated carbocycles. The average Bonchev–Trinajstić information content (AvgIpc) is 3.34. The molecule has 0 aliphatic carbocycles. The number of ether oxygens (including phenoxy) is 4. The molecule has 0 amide bonds. The molecule has 4 rings (SSSR count).